The highest BCUT2D eigenvalue weighted by molar-refractivity contribution is 7.15. The van der Waals surface area contributed by atoms with E-state index in [1.165, 1.54) is 0 Å². The Balaban J connectivity index is 1.90. The highest BCUT2D eigenvalue weighted by Gasteiger charge is 2.17. The molecule has 0 amide bonds. The van der Waals surface area contributed by atoms with E-state index in [4.69, 9.17) is 23.2 Å². The van der Waals surface area contributed by atoms with Gasteiger partial charge in [0, 0.05) is 30.2 Å². The molecule has 0 aliphatic heterocycles. The van der Waals surface area contributed by atoms with Gasteiger partial charge in [-0.3, -0.25) is 4.40 Å². The largest absolute Gasteiger partial charge is 0.313 e. The number of nitrogens with one attached hydrogen (secondary N) is 1. The summed E-state index contributed by atoms with van der Waals surface area (Å²) in [5.74, 6) is 0. The summed E-state index contributed by atoms with van der Waals surface area (Å²) in [6, 6.07) is 5.80. The molecule has 2 heterocycles. The van der Waals surface area contributed by atoms with Gasteiger partial charge in [-0.2, -0.15) is 0 Å². The van der Waals surface area contributed by atoms with Crippen LogP contribution in [0.5, 0.6) is 0 Å². The van der Waals surface area contributed by atoms with E-state index < -0.39 is 0 Å². The van der Waals surface area contributed by atoms with Crippen LogP contribution in [0.4, 0.5) is 0 Å². The zero-order valence-corrected chi connectivity index (χ0v) is 13.1. The molecule has 3 aromatic rings. The molecule has 3 rings (SSSR count). The van der Waals surface area contributed by atoms with Crippen molar-refractivity contribution in [3.8, 4) is 0 Å². The van der Waals surface area contributed by atoms with E-state index in [0.29, 0.717) is 10.0 Å². The number of hydrogen-bond donors (Lipinski definition) is 1. The molecule has 20 heavy (non-hydrogen) atoms. The van der Waals surface area contributed by atoms with Gasteiger partial charge in [0.15, 0.2) is 4.96 Å². The molecule has 6 heteroatoms. The van der Waals surface area contributed by atoms with Crippen molar-refractivity contribution in [3.63, 3.8) is 0 Å². The van der Waals surface area contributed by atoms with Crippen LogP contribution in [0.2, 0.25) is 10.0 Å². The highest BCUT2D eigenvalue weighted by Crippen LogP contribution is 2.31. The molecule has 1 N–H and O–H groups in total. The van der Waals surface area contributed by atoms with Gasteiger partial charge in [-0.15, -0.1) is 11.3 Å². The number of nitrogens with zero attached hydrogens (tertiary/aromatic N) is 2. The lowest BCUT2D eigenvalue weighted by Gasteiger charge is -2.17. The van der Waals surface area contributed by atoms with Gasteiger partial charge in [-0.25, -0.2) is 4.98 Å². The number of halogens is 2. The summed E-state index contributed by atoms with van der Waals surface area (Å²) < 4.78 is 2.03. The Hall–Kier alpha value is -1.07. The fraction of sp³-hybridized carbons (Fsp3) is 0.214. The summed E-state index contributed by atoms with van der Waals surface area (Å²) >= 11 is 14.0. The number of aromatic nitrogens is 2. The molecule has 0 fully saturated rings. The number of thiazole rings is 1. The van der Waals surface area contributed by atoms with Crippen LogP contribution in [0.15, 0.2) is 36.0 Å². The summed E-state index contributed by atoms with van der Waals surface area (Å²) in [5, 5.41) is 6.49. The molecule has 0 spiro atoms. The molecule has 0 bridgehead atoms. The van der Waals surface area contributed by atoms with Gasteiger partial charge in [-0.05, 0) is 18.7 Å². The third kappa shape index (κ3) is 2.56. The Kier molecular flexibility index (Phi) is 3.98. The average molecular weight is 326 g/mol. The first-order valence-corrected chi connectivity index (χ1v) is 7.85. The van der Waals surface area contributed by atoms with Crippen molar-refractivity contribution >= 4 is 39.5 Å². The summed E-state index contributed by atoms with van der Waals surface area (Å²) in [6.07, 6.45) is 4.83. The molecule has 3 nitrogen and oxygen atoms in total. The SMILES string of the molecule is CNC(Cc1cn2ccsc2n1)c1cccc(Cl)c1Cl. The van der Waals surface area contributed by atoms with Gasteiger partial charge in [-0.1, -0.05) is 35.3 Å². The van der Waals surface area contributed by atoms with Gasteiger partial charge >= 0.3 is 0 Å². The molecule has 1 unspecified atom stereocenters. The fourth-order valence-corrected chi connectivity index (χ4v) is 3.40. The summed E-state index contributed by atoms with van der Waals surface area (Å²) in [6.45, 7) is 0. The molecule has 1 atom stereocenters. The Labute approximate surface area is 131 Å². The predicted molar refractivity (Wildman–Crippen MR) is 85.0 cm³/mol. The minimum absolute atomic E-state index is 0.0887. The van der Waals surface area contributed by atoms with E-state index in [9.17, 15) is 0 Å². The van der Waals surface area contributed by atoms with Gasteiger partial charge < -0.3 is 5.32 Å². The van der Waals surface area contributed by atoms with Crippen molar-refractivity contribution in [3.05, 3.63) is 57.3 Å². The maximum atomic E-state index is 6.30. The van der Waals surface area contributed by atoms with E-state index in [-0.39, 0.29) is 6.04 Å². The van der Waals surface area contributed by atoms with E-state index in [2.05, 4.69) is 16.5 Å². The second-order valence-electron chi connectivity index (χ2n) is 4.51. The first-order chi connectivity index (χ1) is 9.69. The third-order valence-corrected chi connectivity index (χ3v) is 4.87. The molecule has 104 valence electrons. The van der Waals surface area contributed by atoms with Crippen LogP contribution in [0.25, 0.3) is 4.96 Å². The molecular weight excluding hydrogens is 313 g/mol. The van der Waals surface area contributed by atoms with Crippen molar-refractivity contribution in [2.45, 2.75) is 12.5 Å². The molecule has 0 aliphatic rings. The fourth-order valence-electron chi connectivity index (χ4n) is 2.24. The first-order valence-electron chi connectivity index (χ1n) is 6.21. The monoisotopic (exact) mass is 325 g/mol. The Morgan fingerprint density at radius 1 is 1.40 bits per heavy atom. The summed E-state index contributed by atoms with van der Waals surface area (Å²) in [7, 11) is 1.92. The standard InChI is InChI=1S/C14H13Cl2N3S/c1-17-12(10-3-2-4-11(15)13(10)16)7-9-8-19-5-6-20-14(19)18-9/h2-6,8,12,17H,7H2,1H3. The van der Waals surface area contributed by atoms with Gasteiger partial charge in [0.1, 0.15) is 0 Å². The average Bonchev–Trinajstić information content (AvgIpc) is 3.00. The first kappa shape index (κ1) is 13.9. The molecule has 1 aromatic carbocycles. The van der Waals surface area contributed by atoms with Crippen LogP contribution in [0.1, 0.15) is 17.3 Å². The molecule has 2 aromatic heterocycles. The maximum absolute atomic E-state index is 6.30. The quantitative estimate of drug-likeness (QED) is 0.778. The van der Waals surface area contributed by atoms with Crippen molar-refractivity contribution in [1.82, 2.24) is 14.7 Å². The Morgan fingerprint density at radius 3 is 3.00 bits per heavy atom. The number of benzene rings is 1. The lowest BCUT2D eigenvalue weighted by molar-refractivity contribution is 0.586. The second kappa shape index (κ2) is 5.74. The van der Waals surface area contributed by atoms with Gasteiger partial charge in [0.25, 0.3) is 0 Å². The van der Waals surface area contributed by atoms with E-state index in [1.54, 1.807) is 17.4 Å². The van der Waals surface area contributed by atoms with Crippen molar-refractivity contribution in [2.75, 3.05) is 7.05 Å². The molecular formula is C14H13Cl2N3S. The minimum atomic E-state index is 0.0887. The van der Waals surface area contributed by atoms with Crippen LogP contribution < -0.4 is 5.32 Å². The maximum Gasteiger partial charge on any atom is 0.193 e. The summed E-state index contributed by atoms with van der Waals surface area (Å²) in [4.78, 5) is 5.61. The molecule has 0 saturated carbocycles. The van der Waals surface area contributed by atoms with Crippen LogP contribution in [-0.4, -0.2) is 16.4 Å². The van der Waals surface area contributed by atoms with Crippen LogP contribution in [0, 0.1) is 0 Å². The van der Waals surface area contributed by atoms with Crippen LogP contribution in [-0.2, 0) is 6.42 Å². The highest BCUT2D eigenvalue weighted by atomic mass is 35.5. The Bertz CT molecular complexity index is 706. The third-order valence-electron chi connectivity index (χ3n) is 3.26. The van der Waals surface area contributed by atoms with E-state index in [1.807, 2.05) is 35.2 Å². The van der Waals surface area contributed by atoms with E-state index >= 15 is 0 Å². The summed E-state index contributed by atoms with van der Waals surface area (Å²) in [5.41, 5.74) is 2.03. The zero-order valence-electron chi connectivity index (χ0n) is 10.8. The minimum Gasteiger partial charge on any atom is -0.313 e. The van der Waals surface area contributed by atoms with Crippen molar-refractivity contribution in [2.24, 2.45) is 0 Å². The second-order valence-corrected chi connectivity index (χ2v) is 6.17. The molecule has 0 saturated heterocycles. The topological polar surface area (TPSA) is 29.3 Å². The molecule has 0 aliphatic carbocycles. The number of hydrogen-bond acceptors (Lipinski definition) is 3. The lowest BCUT2D eigenvalue weighted by atomic mass is 10.0. The number of fused-ring (bicyclic) bond motifs is 1. The van der Waals surface area contributed by atoms with Gasteiger partial charge in [0.2, 0.25) is 0 Å². The van der Waals surface area contributed by atoms with E-state index in [0.717, 1.165) is 22.6 Å². The van der Waals surface area contributed by atoms with Gasteiger partial charge in [0.05, 0.1) is 15.7 Å². The number of likely N-dealkylation sites (N-methyl/N-ethyl adjacent to an activating group) is 1. The van der Waals surface area contributed by atoms with Crippen molar-refractivity contribution < 1.29 is 0 Å². The molecule has 0 radical (unpaired) electrons. The lowest BCUT2D eigenvalue weighted by Crippen LogP contribution is -2.19. The number of imidazole rings is 1. The normalized spacial score (nSPS) is 12.9. The smallest absolute Gasteiger partial charge is 0.193 e. The number of rotatable bonds is 4. The Morgan fingerprint density at radius 2 is 2.25 bits per heavy atom. The zero-order chi connectivity index (χ0) is 14.1. The van der Waals surface area contributed by atoms with Crippen LogP contribution in [0.3, 0.4) is 0 Å². The van der Waals surface area contributed by atoms with Crippen molar-refractivity contribution in [1.29, 1.82) is 0 Å². The predicted octanol–water partition coefficient (Wildman–Crippen LogP) is 4.21. The van der Waals surface area contributed by atoms with Crippen LogP contribution >= 0.6 is 34.5 Å².